The zero-order valence-electron chi connectivity index (χ0n) is 18.3. The molecule has 2 N–H and O–H groups in total. The normalized spacial score (nSPS) is 16.8. The van der Waals surface area contributed by atoms with Crippen LogP contribution in [0.25, 0.3) is 21.9 Å². The van der Waals surface area contributed by atoms with Crippen molar-refractivity contribution in [1.29, 1.82) is 0 Å². The summed E-state index contributed by atoms with van der Waals surface area (Å²) in [6, 6.07) is 8.11. The number of benzene rings is 1. The zero-order chi connectivity index (χ0) is 22.1. The van der Waals surface area contributed by atoms with Gasteiger partial charge in [0.25, 0.3) is 5.91 Å². The van der Waals surface area contributed by atoms with E-state index in [1.165, 1.54) is 5.57 Å². The Kier molecular flexibility index (Phi) is 5.33. The molecule has 5 rings (SSSR count). The Morgan fingerprint density at radius 1 is 1.09 bits per heavy atom. The number of likely N-dealkylation sites (N-methyl/N-ethyl adjacent to an activating group) is 1. The van der Waals surface area contributed by atoms with E-state index < -0.39 is 0 Å². The molecule has 7 heteroatoms. The number of aromatic nitrogens is 3. The van der Waals surface area contributed by atoms with Gasteiger partial charge in [-0.2, -0.15) is 5.10 Å². The maximum Gasteiger partial charge on any atom is 0.256 e. The van der Waals surface area contributed by atoms with Gasteiger partial charge in [0, 0.05) is 61.3 Å². The second-order valence-electron chi connectivity index (χ2n) is 8.33. The minimum atomic E-state index is -0.146. The first-order chi connectivity index (χ1) is 15.5. The lowest BCUT2D eigenvalue weighted by molar-refractivity contribution is -0.112. The van der Waals surface area contributed by atoms with E-state index in [9.17, 15) is 4.79 Å². The van der Waals surface area contributed by atoms with Crippen molar-refractivity contribution in [2.75, 3.05) is 32.0 Å². The molecule has 0 radical (unpaired) electrons. The van der Waals surface area contributed by atoms with Crippen molar-refractivity contribution in [1.82, 2.24) is 25.0 Å². The number of aryl methyl sites for hydroxylation is 1. The summed E-state index contributed by atoms with van der Waals surface area (Å²) in [5.41, 5.74) is 5.10. The number of anilines is 1. The molecule has 0 spiro atoms. The van der Waals surface area contributed by atoms with E-state index in [1.807, 2.05) is 43.7 Å². The molecular formula is C25H26N6O. The number of carbonyl (C=O) groups is 1. The Balaban J connectivity index is 1.35. The Morgan fingerprint density at radius 3 is 2.78 bits per heavy atom. The highest BCUT2D eigenvalue weighted by Crippen LogP contribution is 2.26. The van der Waals surface area contributed by atoms with Gasteiger partial charge in [-0.05, 0) is 48.2 Å². The van der Waals surface area contributed by atoms with Gasteiger partial charge in [0.2, 0.25) is 0 Å². The van der Waals surface area contributed by atoms with Gasteiger partial charge in [-0.15, -0.1) is 0 Å². The van der Waals surface area contributed by atoms with Gasteiger partial charge in [0.05, 0.1) is 6.20 Å². The maximum absolute atomic E-state index is 12.9. The van der Waals surface area contributed by atoms with Crippen LogP contribution in [-0.4, -0.2) is 52.3 Å². The summed E-state index contributed by atoms with van der Waals surface area (Å²) in [5, 5.41) is 12.6. The first-order valence-corrected chi connectivity index (χ1v) is 10.8. The molecule has 0 bridgehead atoms. The van der Waals surface area contributed by atoms with Gasteiger partial charge >= 0.3 is 0 Å². The zero-order valence-corrected chi connectivity index (χ0v) is 18.3. The van der Waals surface area contributed by atoms with Gasteiger partial charge in [-0.25, -0.2) is 4.98 Å². The highest BCUT2D eigenvalue weighted by Gasteiger charge is 2.17. The third-order valence-corrected chi connectivity index (χ3v) is 5.94. The number of nitrogens with one attached hydrogen (secondary N) is 2. The van der Waals surface area contributed by atoms with Crippen LogP contribution in [0.3, 0.4) is 0 Å². The Labute approximate surface area is 187 Å². The molecule has 0 aliphatic carbocycles. The fraction of sp³-hybridized carbons (Fsp3) is 0.240. The molecule has 3 aromatic rings. The van der Waals surface area contributed by atoms with Crippen LogP contribution in [0.4, 0.5) is 5.82 Å². The summed E-state index contributed by atoms with van der Waals surface area (Å²) in [5.74, 6) is 0.395. The van der Waals surface area contributed by atoms with E-state index in [-0.39, 0.29) is 5.91 Å². The minimum Gasteiger partial charge on any atom is -0.381 e. The Bertz CT molecular complexity index is 1280. The molecule has 2 aromatic heterocycles. The summed E-state index contributed by atoms with van der Waals surface area (Å²) >= 11 is 0. The first kappa shape index (κ1) is 20.2. The Hall–Kier alpha value is -3.71. The molecule has 162 valence electrons. The van der Waals surface area contributed by atoms with Gasteiger partial charge in [-0.1, -0.05) is 24.3 Å². The van der Waals surface area contributed by atoms with Gasteiger partial charge in [0.15, 0.2) is 0 Å². The summed E-state index contributed by atoms with van der Waals surface area (Å²) in [6.45, 7) is 2.60. The fourth-order valence-electron chi connectivity index (χ4n) is 4.06. The van der Waals surface area contributed by atoms with Crippen molar-refractivity contribution in [2.45, 2.75) is 6.42 Å². The van der Waals surface area contributed by atoms with Crippen molar-refractivity contribution >= 4 is 22.5 Å². The maximum atomic E-state index is 12.9. The predicted octanol–water partition coefficient (Wildman–Crippen LogP) is 3.25. The number of pyridine rings is 1. The molecular weight excluding hydrogens is 400 g/mol. The van der Waals surface area contributed by atoms with Gasteiger partial charge in [0.1, 0.15) is 5.82 Å². The number of amides is 1. The van der Waals surface area contributed by atoms with E-state index in [1.54, 1.807) is 10.9 Å². The molecule has 0 atom stereocenters. The average molecular weight is 427 g/mol. The summed E-state index contributed by atoms with van der Waals surface area (Å²) in [6.07, 6.45) is 12.7. The van der Waals surface area contributed by atoms with Crippen LogP contribution in [0.15, 0.2) is 77.9 Å². The lowest BCUT2D eigenvalue weighted by Gasteiger charge is -2.25. The molecule has 1 aromatic carbocycles. The number of allylic oxidation sites excluding steroid dienone is 1. The average Bonchev–Trinajstić information content (AvgIpc) is 3.25. The lowest BCUT2D eigenvalue weighted by Crippen LogP contribution is -2.29. The molecule has 1 amide bonds. The first-order valence-electron chi connectivity index (χ1n) is 10.8. The SMILES string of the molecule is CN1CC=C(C2=CC(C(=O)Nc3cc4cc(-c5cnn(C)c5)ccc4cn3)=CCN2)CC1. The van der Waals surface area contributed by atoms with Crippen molar-refractivity contribution in [3.05, 3.63) is 77.9 Å². The lowest BCUT2D eigenvalue weighted by atomic mass is 10.0. The van der Waals surface area contributed by atoms with Crippen LogP contribution >= 0.6 is 0 Å². The number of nitrogens with zero attached hydrogens (tertiary/aromatic N) is 4. The third kappa shape index (κ3) is 4.20. The van der Waals surface area contributed by atoms with E-state index in [0.717, 1.165) is 47.1 Å². The van der Waals surface area contributed by atoms with E-state index >= 15 is 0 Å². The predicted molar refractivity (Wildman–Crippen MR) is 127 cm³/mol. The standard InChI is InChI=1S/C25H26N6O/c1-30-9-6-17(7-10-30)23-12-19(5-8-26-23)25(32)29-24-13-21-11-18(3-4-20(21)14-27-24)22-15-28-31(2)16-22/h3-6,11-16,26H,7-10H2,1-2H3,(H,27,29,32). The molecule has 0 saturated carbocycles. The molecule has 4 heterocycles. The largest absolute Gasteiger partial charge is 0.381 e. The highest BCUT2D eigenvalue weighted by atomic mass is 16.1. The second-order valence-corrected chi connectivity index (χ2v) is 8.33. The molecule has 32 heavy (non-hydrogen) atoms. The van der Waals surface area contributed by atoms with Crippen molar-refractivity contribution in [2.24, 2.45) is 7.05 Å². The minimum absolute atomic E-state index is 0.146. The summed E-state index contributed by atoms with van der Waals surface area (Å²) < 4.78 is 1.79. The number of hydrogen-bond acceptors (Lipinski definition) is 5. The number of carbonyl (C=O) groups excluding carboxylic acids is 1. The third-order valence-electron chi connectivity index (χ3n) is 5.94. The van der Waals surface area contributed by atoms with Crippen LogP contribution in [0.2, 0.25) is 0 Å². The van der Waals surface area contributed by atoms with Crippen LogP contribution in [0.5, 0.6) is 0 Å². The Morgan fingerprint density at radius 2 is 2.00 bits per heavy atom. The molecule has 7 nitrogen and oxygen atoms in total. The number of hydrogen-bond donors (Lipinski definition) is 2. The number of rotatable bonds is 4. The monoisotopic (exact) mass is 426 g/mol. The summed E-state index contributed by atoms with van der Waals surface area (Å²) in [4.78, 5) is 19.7. The van der Waals surface area contributed by atoms with Crippen molar-refractivity contribution in [3.8, 4) is 11.1 Å². The van der Waals surface area contributed by atoms with Crippen LogP contribution in [0.1, 0.15) is 6.42 Å². The van der Waals surface area contributed by atoms with Gasteiger partial charge < -0.3 is 15.5 Å². The summed E-state index contributed by atoms with van der Waals surface area (Å²) in [7, 11) is 4.02. The van der Waals surface area contributed by atoms with Gasteiger partial charge in [-0.3, -0.25) is 9.48 Å². The van der Waals surface area contributed by atoms with Crippen LogP contribution < -0.4 is 10.6 Å². The van der Waals surface area contributed by atoms with Crippen LogP contribution in [-0.2, 0) is 11.8 Å². The topological polar surface area (TPSA) is 75.1 Å². The van der Waals surface area contributed by atoms with Crippen LogP contribution in [0, 0.1) is 0 Å². The molecule has 0 unspecified atom stereocenters. The second kappa shape index (κ2) is 8.43. The molecule has 0 saturated heterocycles. The number of fused-ring (bicyclic) bond motifs is 1. The molecule has 2 aliphatic rings. The van der Waals surface area contributed by atoms with E-state index in [0.29, 0.717) is 17.9 Å². The quantitative estimate of drug-likeness (QED) is 0.670. The van der Waals surface area contributed by atoms with Crippen molar-refractivity contribution in [3.63, 3.8) is 0 Å². The van der Waals surface area contributed by atoms with E-state index in [4.69, 9.17) is 0 Å². The fourth-order valence-corrected chi connectivity index (χ4v) is 4.06. The smallest absolute Gasteiger partial charge is 0.256 e. The number of dihydropyridines is 1. The molecule has 2 aliphatic heterocycles. The highest BCUT2D eigenvalue weighted by molar-refractivity contribution is 6.06. The van der Waals surface area contributed by atoms with Crippen molar-refractivity contribution < 1.29 is 4.79 Å². The molecule has 0 fully saturated rings. The van der Waals surface area contributed by atoms with E-state index in [2.05, 4.69) is 50.9 Å².